The van der Waals surface area contributed by atoms with Crippen LogP contribution in [-0.4, -0.2) is 34.6 Å². The van der Waals surface area contributed by atoms with Crippen molar-refractivity contribution < 1.29 is 21.6 Å². The van der Waals surface area contributed by atoms with E-state index in [1.807, 2.05) is 32.0 Å². The van der Waals surface area contributed by atoms with Gasteiger partial charge in [0.05, 0.1) is 10.5 Å². The molecule has 1 aliphatic rings. The highest BCUT2D eigenvalue weighted by molar-refractivity contribution is 7.89. The average Bonchev–Trinajstić information content (AvgIpc) is 2.62. The first-order valence-corrected chi connectivity index (χ1v) is 10.3. The van der Waals surface area contributed by atoms with Crippen molar-refractivity contribution >= 4 is 21.4 Å². The van der Waals surface area contributed by atoms with E-state index in [2.05, 4.69) is 4.90 Å². The van der Waals surface area contributed by atoms with Gasteiger partial charge in [-0.05, 0) is 49.2 Å². The van der Waals surface area contributed by atoms with Crippen LogP contribution in [0.15, 0.2) is 41.3 Å². The number of nitrogens with two attached hydrogens (primary N) is 1. The van der Waals surface area contributed by atoms with Crippen LogP contribution in [0.1, 0.15) is 16.7 Å². The maximum Gasteiger partial charge on any atom is 0.418 e. The highest BCUT2D eigenvalue weighted by Crippen LogP contribution is 2.38. The Morgan fingerprint density at radius 2 is 1.50 bits per heavy atom. The summed E-state index contributed by atoms with van der Waals surface area (Å²) < 4.78 is 63.5. The van der Waals surface area contributed by atoms with E-state index in [0.29, 0.717) is 32.2 Å². The molecule has 1 saturated heterocycles. The van der Waals surface area contributed by atoms with E-state index in [-0.39, 0.29) is 5.69 Å². The summed E-state index contributed by atoms with van der Waals surface area (Å²) in [6.45, 7) is 5.98. The maximum absolute atomic E-state index is 13.5. The summed E-state index contributed by atoms with van der Waals surface area (Å²) in [5, 5.41) is 4.99. The van der Waals surface area contributed by atoms with Gasteiger partial charge in [0, 0.05) is 37.6 Å². The van der Waals surface area contributed by atoms with Gasteiger partial charge in [0.1, 0.15) is 0 Å². The molecule has 1 aliphatic heterocycles. The minimum Gasteiger partial charge on any atom is -0.368 e. The number of sulfonamides is 1. The number of hydrogen-bond acceptors (Lipinski definition) is 4. The van der Waals surface area contributed by atoms with Crippen LogP contribution in [-0.2, 0) is 16.2 Å². The first-order valence-electron chi connectivity index (χ1n) is 8.78. The van der Waals surface area contributed by atoms with Gasteiger partial charge in [-0.2, -0.15) is 13.2 Å². The molecule has 0 aliphatic carbocycles. The average molecular weight is 413 g/mol. The molecule has 0 saturated carbocycles. The zero-order chi connectivity index (χ0) is 20.7. The van der Waals surface area contributed by atoms with Crippen LogP contribution in [0.2, 0.25) is 0 Å². The van der Waals surface area contributed by atoms with Gasteiger partial charge in [-0.3, -0.25) is 0 Å². The van der Waals surface area contributed by atoms with E-state index >= 15 is 0 Å². The Balaban J connectivity index is 1.87. The third-order valence-corrected chi connectivity index (χ3v) is 6.05. The van der Waals surface area contributed by atoms with Gasteiger partial charge in [0.15, 0.2) is 0 Å². The summed E-state index contributed by atoms with van der Waals surface area (Å²) in [4.78, 5) is 3.25. The zero-order valence-electron chi connectivity index (χ0n) is 15.6. The number of alkyl halides is 3. The molecule has 1 fully saturated rings. The minimum absolute atomic E-state index is 0.0273. The van der Waals surface area contributed by atoms with Crippen molar-refractivity contribution in [1.82, 2.24) is 0 Å². The van der Waals surface area contributed by atoms with Crippen molar-refractivity contribution in [1.29, 1.82) is 0 Å². The molecule has 9 heteroatoms. The summed E-state index contributed by atoms with van der Waals surface area (Å²) in [5.74, 6) is 0. The first-order chi connectivity index (χ1) is 13.0. The second kappa shape index (κ2) is 7.29. The van der Waals surface area contributed by atoms with Crippen LogP contribution in [0.3, 0.4) is 0 Å². The van der Waals surface area contributed by atoms with Crippen LogP contribution in [0, 0.1) is 13.8 Å². The number of aryl methyl sites for hydroxylation is 1. The zero-order valence-corrected chi connectivity index (χ0v) is 16.4. The van der Waals surface area contributed by atoms with Crippen LogP contribution in [0.4, 0.5) is 24.5 Å². The lowest BCUT2D eigenvalue weighted by molar-refractivity contribution is -0.137. The summed E-state index contributed by atoms with van der Waals surface area (Å²) in [6.07, 6.45) is -4.68. The Morgan fingerprint density at radius 1 is 0.929 bits per heavy atom. The Morgan fingerprint density at radius 3 is 2.04 bits per heavy atom. The highest BCUT2D eigenvalue weighted by atomic mass is 32.2. The molecule has 5 nitrogen and oxygen atoms in total. The third-order valence-electron chi connectivity index (χ3n) is 5.14. The van der Waals surface area contributed by atoms with Crippen LogP contribution < -0.4 is 14.9 Å². The van der Waals surface area contributed by atoms with Crippen molar-refractivity contribution in [3.63, 3.8) is 0 Å². The molecule has 2 N–H and O–H groups in total. The molecule has 0 amide bonds. The van der Waals surface area contributed by atoms with E-state index in [4.69, 9.17) is 5.14 Å². The van der Waals surface area contributed by atoms with Crippen molar-refractivity contribution in [3.05, 3.63) is 53.1 Å². The highest BCUT2D eigenvalue weighted by Gasteiger charge is 2.36. The first kappa shape index (κ1) is 20.5. The van der Waals surface area contributed by atoms with Crippen molar-refractivity contribution in [2.45, 2.75) is 24.9 Å². The summed E-state index contributed by atoms with van der Waals surface area (Å²) in [6, 6.07) is 8.93. The molecule has 1 heterocycles. The number of nitrogens with zero attached hydrogens (tertiary/aromatic N) is 2. The van der Waals surface area contributed by atoms with Crippen molar-refractivity contribution in [3.8, 4) is 0 Å². The predicted molar refractivity (Wildman–Crippen MR) is 103 cm³/mol. The standard InChI is InChI=1S/C19H22F3N3O2S/c1-13-4-3-5-17(14(13)2)24-8-10-25(11-9-24)18-7-6-15(28(23,26)27)12-16(18)19(20,21)22/h3-7,12H,8-11H2,1-2H3,(H2,23,26,27). The van der Waals surface area contributed by atoms with Gasteiger partial charge in [-0.15, -0.1) is 0 Å². The van der Waals surface area contributed by atoms with Gasteiger partial charge in [0.25, 0.3) is 0 Å². The molecule has 0 radical (unpaired) electrons. The predicted octanol–water partition coefficient (Wildman–Crippen LogP) is 3.30. The molecular weight excluding hydrogens is 391 g/mol. The molecular formula is C19H22F3N3O2S. The van der Waals surface area contributed by atoms with Crippen LogP contribution >= 0.6 is 0 Å². The van der Waals surface area contributed by atoms with Crippen molar-refractivity contribution in [2.24, 2.45) is 5.14 Å². The molecule has 2 aromatic rings. The maximum atomic E-state index is 13.5. The number of hydrogen-bond donors (Lipinski definition) is 1. The van der Waals surface area contributed by atoms with Gasteiger partial charge >= 0.3 is 6.18 Å². The lowest BCUT2D eigenvalue weighted by Gasteiger charge is -2.39. The molecule has 28 heavy (non-hydrogen) atoms. The second-order valence-corrected chi connectivity index (χ2v) is 8.48. The van der Waals surface area contributed by atoms with Gasteiger partial charge in [-0.25, -0.2) is 13.6 Å². The van der Waals surface area contributed by atoms with E-state index in [0.717, 1.165) is 22.9 Å². The van der Waals surface area contributed by atoms with E-state index in [1.165, 1.54) is 6.07 Å². The van der Waals surface area contributed by atoms with Gasteiger partial charge in [-0.1, -0.05) is 12.1 Å². The SMILES string of the molecule is Cc1cccc(N2CCN(c3ccc(S(N)(=O)=O)cc3C(F)(F)F)CC2)c1C. The minimum atomic E-state index is -4.68. The van der Waals surface area contributed by atoms with Gasteiger partial charge < -0.3 is 9.80 Å². The van der Waals surface area contributed by atoms with E-state index in [1.54, 1.807) is 4.90 Å². The van der Waals surface area contributed by atoms with Crippen LogP contribution in [0.5, 0.6) is 0 Å². The fraction of sp³-hybridized carbons (Fsp3) is 0.368. The molecule has 0 aromatic heterocycles. The fourth-order valence-corrected chi connectivity index (χ4v) is 4.00. The lowest BCUT2D eigenvalue weighted by atomic mass is 10.1. The molecule has 0 bridgehead atoms. The Labute approximate surface area is 162 Å². The third kappa shape index (κ3) is 4.10. The molecule has 0 atom stereocenters. The van der Waals surface area contributed by atoms with E-state index < -0.39 is 26.7 Å². The lowest BCUT2D eigenvalue weighted by Crippen LogP contribution is -2.47. The van der Waals surface area contributed by atoms with Crippen molar-refractivity contribution in [2.75, 3.05) is 36.0 Å². The summed E-state index contributed by atoms with van der Waals surface area (Å²) >= 11 is 0. The molecule has 0 spiro atoms. The fourth-order valence-electron chi connectivity index (χ4n) is 3.46. The number of rotatable bonds is 3. The molecule has 3 rings (SSSR count). The number of primary sulfonamides is 1. The topological polar surface area (TPSA) is 66.6 Å². The van der Waals surface area contributed by atoms with E-state index in [9.17, 15) is 21.6 Å². The second-order valence-electron chi connectivity index (χ2n) is 6.91. The summed E-state index contributed by atoms with van der Waals surface area (Å²) in [5.41, 5.74) is 2.39. The Bertz CT molecular complexity index is 982. The molecule has 0 unspecified atom stereocenters. The molecule has 2 aromatic carbocycles. The summed E-state index contributed by atoms with van der Waals surface area (Å²) in [7, 11) is -4.21. The van der Waals surface area contributed by atoms with Crippen LogP contribution in [0.25, 0.3) is 0 Å². The largest absolute Gasteiger partial charge is 0.418 e. The number of piperazine rings is 1. The monoisotopic (exact) mass is 413 g/mol. The number of halogens is 3. The normalized spacial score (nSPS) is 15.8. The smallest absolute Gasteiger partial charge is 0.368 e. The number of benzene rings is 2. The Hall–Kier alpha value is -2.26. The number of anilines is 2. The quantitative estimate of drug-likeness (QED) is 0.839. The Kier molecular flexibility index (Phi) is 5.33. The van der Waals surface area contributed by atoms with Gasteiger partial charge in [0.2, 0.25) is 10.0 Å². The molecule has 152 valence electrons.